The van der Waals surface area contributed by atoms with Gasteiger partial charge in [-0.2, -0.15) is 0 Å². The lowest BCUT2D eigenvalue weighted by atomic mass is 9.88. The maximum atomic E-state index is 3.87. The summed E-state index contributed by atoms with van der Waals surface area (Å²) in [5.41, 5.74) is 3.87. The van der Waals surface area contributed by atoms with Crippen molar-refractivity contribution in [1.29, 1.82) is 0 Å². The molecule has 0 aromatic carbocycles. The van der Waals surface area contributed by atoms with Crippen LogP contribution in [-0.2, 0) is 0 Å². The van der Waals surface area contributed by atoms with Gasteiger partial charge in [-0.15, -0.1) is 0 Å². The van der Waals surface area contributed by atoms with E-state index in [9.17, 15) is 0 Å². The first kappa shape index (κ1) is 13.2. The minimum absolute atomic E-state index is 0.134. The van der Waals surface area contributed by atoms with Crippen LogP contribution in [0.4, 0.5) is 0 Å². The zero-order valence-electron chi connectivity index (χ0n) is 10.4. The predicted octanol–water partition coefficient (Wildman–Crippen LogP) is 4.71. The summed E-state index contributed by atoms with van der Waals surface area (Å²) in [7, 11) is 0. The summed E-state index contributed by atoms with van der Waals surface area (Å²) < 4.78 is 0. The molecule has 0 aromatic heterocycles. The first-order valence-corrected chi connectivity index (χ1v) is 5.09. The SMILES string of the molecule is [CH2]C(C)=CC(C)=CC(C)(C)C=C(C)C. The number of hydrogen-bond donors (Lipinski definition) is 0. The van der Waals surface area contributed by atoms with E-state index >= 15 is 0 Å². The van der Waals surface area contributed by atoms with Crippen LogP contribution in [0.3, 0.4) is 0 Å². The Morgan fingerprint density at radius 1 is 1.00 bits per heavy atom. The van der Waals surface area contributed by atoms with Crippen LogP contribution in [0.25, 0.3) is 0 Å². The lowest BCUT2D eigenvalue weighted by Gasteiger charge is -2.17. The van der Waals surface area contributed by atoms with Crippen molar-refractivity contribution in [2.45, 2.75) is 41.5 Å². The summed E-state index contributed by atoms with van der Waals surface area (Å²) in [6.07, 6.45) is 6.66. The molecular weight excluding hydrogens is 168 g/mol. The zero-order valence-corrected chi connectivity index (χ0v) is 10.4. The Morgan fingerprint density at radius 2 is 1.50 bits per heavy atom. The molecule has 0 heteroatoms. The fraction of sp³-hybridized carbons (Fsp3) is 0.500. The molecular formula is C14H23. The molecule has 0 N–H and O–H groups in total. The van der Waals surface area contributed by atoms with E-state index in [4.69, 9.17) is 0 Å². The Hall–Kier alpha value is -0.780. The van der Waals surface area contributed by atoms with Crippen LogP contribution in [0.1, 0.15) is 41.5 Å². The van der Waals surface area contributed by atoms with E-state index in [2.05, 4.69) is 59.8 Å². The lowest BCUT2D eigenvalue weighted by molar-refractivity contribution is 0.616. The first-order chi connectivity index (χ1) is 6.23. The summed E-state index contributed by atoms with van der Waals surface area (Å²) in [4.78, 5) is 0. The minimum Gasteiger partial charge on any atom is -0.0796 e. The van der Waals surface area contributed by atoms with Crippen molar-refractivity contribution in [3.05, 3.63) is 41.9 Å². The molecule has 0 aliphatic heterocycles. The van der Waals surface area contributed by atoms with E-state index in [0.717, 1.165) is 5.57 Å². The Morgan fingerprint density at radius 3 is 1.86 bits per heavy atom. The molecule has 0 heterocycles. The highest BCUT2D eigenvalue weighted by Crippen LogP contribution is 2.23. The second-order valence-corrected chi connectivity index (χ2v) is 4.92. The van der Waals surface area contributed by atoms with E-state index in [-0.39, 0.29) is 5.41 Å². The quantitative estimate of drug-likeness (QED) is 0.448. The standard InChI is InChI=1S/C14H23/c1-11(2)8-13(5)10-14(6,7)9-12(3)4/h8-10H,1H2,2-7H3. The van der Waals surface area contributed by atoms with Crippen molar-refractivity contribution in [2.24, 2.45) is 5.41 Å². The van der Waals surface area contributed by atoms with E-state index in [1.165, 1.54) is 11.1 Å². The molecule has 0 aliphatic rings. The smallest absolute Gasteiger partial charge is 0.00126 e. The average molecular weight is 191 g/mol. The third-order valence-electron chi connectivity index (χ3n) is 1.73. The third-order valence-corrected chi connectivity index (χ3v) is 1.73. The molecule has 0 nitrogen and oxygen atoms in total. The largest absolute Gasteiger partial charge is 0.0796 e. The van der Waals surface area contributed by atoms with Crippen molar-refractivity contribution >= 4 is 0 Å². The Kier molecular flexibility index (Phi) is 4.90. The second kappa shape index (κ2) is 5.19. The summed E-state index contributed by atoms with van der Waals surface area (Å²) in [5.74, 6) is 0. The molecule has 0 bridgehead atoms. The molecule has 0 saturated carbocycles. The van der Waals surface area contributed by atoms with Gasteiger partial charge in [-0.05, 0) is 34.6 Å². The topological polar surface area (TPSA) is 0 Å². The highest BCUT2D eigenvalue weighted by atomic mass is 14.1. The molecule has 0 unspecified atom stereocenters. The van der Waals surface area contributed by atoms with Crippen LogP contribution in [0.2, 0.25) is 0 Å². The summed E-state index contributed by atoms with van der Waals surface area (Å²) in [6, 6.07) is 0. The van der Waals surface area contributed by atoms with Crippen molar-refractivity contribution in [2.75, 3.05) is 0 Å². The Labute approximate surface area is 89.4 Å². The molecule has 1 radical (unpaired) electrons. The molecule has 14 heavy (non-hydrogen) atoms. The molecule has 0 aromatic rings. The van der Waals surface area contributed by atoms with Gasteiger partial charge >= 0.3 is 0 Å². The maximum Gasteiger partial charge on any atom is 0.00126 e. The van der Waals surface area contributed by atoms with Gasteiger partial charge in [0.2, 0.25) is 0 Å². The van der Waals surface area contributed by atoms with Crippen LogP contribution in [-0.4, -0.2) is 0 Å². The van der Waals surface area contributed by atoms with Crippen LogP contribution < -0.4 is 0 Å². The zero-order chi connectivity index (χ0) is 11.4. The average Bonchev–Trinajstić information content (AvgIpc) is 1.77. The number of rotatable bonds is 3. The predicted molar refractivity (Wildman–Crippen MR) is 66.1 cm³/mol. The van der Waals surface area contributed by atoms with Crippen LogP contribution in [0, 0.1) is 12.3 Å². The molecule has 0 fully saturated rings. The van der Waals surface area contributed by atoms with Gasteiger partial charge in [0, 0.05) is 5.41 Å². The van der Waals surface area contributed by atoms with Crippen molar-refractivity contribution in [1.82, 2.24) is 0 Å². The van der Waals surface area contributed by atoms with Crippen molar-refractivity contribution < 1.29 is 0 Å². The van der Waals surface area contributed by atoms with Gasteiger partial charge in [-0.25, -0.2) is 0 Å². The number of allylic oxidation sites excluding steroid dienone is 6. The summed E-state index contributed by atoms with van der Waals surface area (Å²) in [5, 5.41) is 0. The van der Waals surface area contributed by atoms with E-state index in [1.807, 2.05) is 6.92 Å². The highest BCUT2D eigenvalue weighted by molar-refractivity contribution is 5.26. The molecule has 0 saturated heterocycles. The summed E-state index contributed by atoms with van der Waals surface area (Å²) >= 11 is 0. The van der Waals surface area contributed by atoms with E-state index < -0.39 is 0 Å². The molecule has 0 aliphatic carbocycles. The van der Waals surface area contributed by atoms with Crippen LogP contribution >= 0.6 is 0 Å². The fourth-order valence-electron chi connectivity index (χ4n) is 1.80. The van der Waals surface area contributed by atoms with Gasteiger partial charge in [-0.3, -0.25) is 0 Å². The van der Waals surface area contributed by atoms with Crippen LogP contribution in [0.15, 0.2) is 34.9 Å². The Bertz CT molecular complexity index is 264. The molecule has 0 spiro atoms. The van der Waals surface area contributed by atoms with Gasteiger partial charge in [0.05, 0.1) is 0 Å². The summed E-state index contributed by atoms with van der Waals surface area (Å²) in [6.45, 7) is 16.7. The minimum atomic E-state index is 0.134. The van der Waals surface area contributed by atoms with Gasteiger partial charge in [0.15, 0.2) is 0 Å². The maximum absolute atomic E-state index is 3.87. The van der Waals surface area contributed by atoms with Gasteiger partial charge in [-0.1, -0.05) is 48.8 Å². The fourth-order valence-corrected chi connectivity index (χ4v) is 1.80. The van der Waals surface area contributed by atoms with E-state index in [0.29, 0.717) is 0 Å². The highest BCUT2D eigenvalue weighted by Gasteiger charge is 2.10. The Balaban J connectivity index is 4.80. The molecule has 0 rings (SSSR count). The van der Waals surface area contributed by atoms with Gasteiger partial charge in [0.1, 0.15) is 0 Å². The molecule has 0 amide bonds. The second-order valence-electron chi connectivity index (χ2n) is 4.92. The first-order valence-electron chi connectivity index (χ1n) is 5.09. The van der Waals surface area contributed by atoms with E-state index in [1.54, 1.807) is 0 Å². The van der Waals surface area contributed by atoms with Gasteiger partial charge in [0.25, 0.3) is 0 Å². The van der Waals surface area contributed by atoms with Crippen molar-refractivity contribution in [3.8, 4) is 0 Å². The molecule has 0 atom stereocenters. The normalized spacial score (nSPS) is 14.2. The number of hydrogen-bond acceptors (Lipinski definition) is 0. The van der Waals surface area contributed by atoms with Crippen molar-refractivity contribution in [3.63, 3.8) is 0 Å². The molecule has 79 valence electrons. The third kappa shape index (κ3) is 6.71. The lowest BCUT2D eigenvalue weighted by Crippen LogP contribution is -2.04. The monoisotopic (exact) mass is 191 g/mol. The van der Waals surface area contributed by atoms with Gasteiger partial charge < -0.3 is 0 Å². The van der Waals surface area contributed by atoms with Crippen LogP contribution in [0.5, 0.6) is 0 Å².